The van der Waals surface area contributed by atoms with Gasteiger partial charge in [-0.2, -0.15) is 0 Å². The van der Waals surface area contributed by atoms with Crippen LogP contribution in [0.3, 0.4) is 0 Å². The minimum absolute atomic E-state index is 0.0463. The first-order chi connectivity index (χ1) is 8.04. The Morgan fingerprint density at radius 1 is 1.59 bits per heavy atom. The number of hydrogen-bond donors (Lipinski definition) is 2. The molecule has 0 aliphatic heterocycles. The summed E-state index contributed by atoms with van der Waals surface area (Å²) in [6, 6.07) is 0.797. The van der Waals surface area contributed by atoms with Crippen molar-refractivity contribution in [3.63, 3.8) is 0 Å². The van der Waals surface area contributed by atoms with E-state index in [2.05, 4.69) is 10.3 Å². The SMILES string of the molecule is CCC(C)NC(=O)CCN=C(N)N(C)C1CC1. The van der Waals surface area contributed by atoms with Crippen LogP contribution in [0.2, 0.25) is 0 Å². The highest BCUT2D eigenvalue weighted by Gasteiger charge is 2.27. The molecule has 1 saturated carbocycles. The average molecular weight is 240 g/mol. The number of aliphatic imine (C=N–C) groups is 1. The Kier molecular flexibility index (Phi) is 5.25. The molecule has 0 aromatic rings. The van der Waals surface area contributed by atoms with Crippen molar-refractivity contribution in [3.05, 3.63) is 0 Å². The van der Waals surface area contributed by atoms with Crippen LogP contribution in [0.15, 0.2) is 4.99 Å². The zero-order valence-electron chi connectivity index (χ0n) is 11.1. The standard InChI is InChI=1S/C12H24N4O/c1-4-9(2)15-11(17)7-8-14-12(13)16(3)10-5-6-10/h9-10H,4-8H2,1-3H3,(H2,13,14)(H,15,17). The van der Waals surface area contributed by atoms with E-state index in [-0.39, 0.29) is 11.9 Å². The summed E-state index contributed by atoms with van der Waals surface area (Å²) in [5, 5.41) is 2.91. The molecular formula is C12H24N4O. The van der Waals surface area contributed by atoms with E-state index in [1.165, 1.54) is 12.8 Å². The molecule has 0 aromatic heterocycles. The van der Waals surface area contributed by atoms with Gasteiger partial charge in [0.2, 0.25) is 5.91 Å². The fourth-order valence-corrected chi connectivity index (χ4v) is 1.48. The van der Waals surface area contributed by atoms with Crippen molar-refractivity contribution < 1.29 is 4.79 Å². The number of rotatable bonds is 6. The molecule has 0 radical (unpaired) electrons. The Morgan fingerprint density at radius 2 is 2.24 bits per heavy atom. The number of amides is 1. The predicted molar refractivity (Wildman–Crippen MR) is 69.8 cm³/mol. The molecule has 17 heavy (non-hydrogen) atoms. The molecule has 1 rings (SSSR count). The molecular weight excluding hydrogens is 216 g/mol. The van der Waals surface area contributed by atoms with Crippen molar-refractivity contribution in [1.29, 1.82) is 0 Å². The van der Waals surface area contributed by atoms with Crippen LogP contribution in [0.5, 0.6) is 0 Å². The Hall–Kier alpha value is -1.26. The van der Waals surface area contributed by atoms with Crippen molar-refractivity contribution in [2.45, 2.75) is 51.6 Å². The van der Waals surface area contributed by atoms with Crippen LogP contribution in [-0.2, 0) is 4.79 Å². The Labute approximate surface area is 103 Å². The summed E-state index contributed by atoms with van der Waals surface area (Å²) in [5.74, 6) is 0.591. The van der Waals surface area contributed by atoms with Crippen LogP contribution >= 0.6 is 0 Å². The lowest BCUT2D eigenvalue weighted by molar-refractivity contribution is -0.121. The number of guanidine groups is 1. The second kappa shape index (κ2) is 6.47. The van der Waals surface area contributed by atoms with E-state index in [1.54, 1.807) is 0 Å². The van der Waals surface area contributed by atoms with Gasteiger partial charge in [-0.3, -0.25) is 9.79 Å². The molecule has 1 amide bonds. The molecule has 1 aliphatic carbocycles. The number of nitrogens with zero attached hydrogens (tertiary/aromatic N) is 2. The maximum absolute atomic E-state index is 11.5. The largest absolute Gasteiger partial charge is 0.370 e. The number of nitrogens with two attached hydrogens (primary N) is 1. The van der Waals surface area contributed by atoms with Crippen molar-refractivity contribution in [3.8, 4) is 0 Å². The lowest BCUT2D eigenvalue weighted by Crippen LogP contribution is -2.36. The van der Waals surface area contributed by atoms with Gasteiger partial charge in [0, 0.05) is 25.6 Å². The van der Waals surface area contributed by atoms with E-state index in [4.69, 9.17) is 5.73 Å². The monoisotopic (exact) mass is 240 g/mol. The first-order valence-electron chi connectivity index (χ1n) is 6.36. The molecule has 1 atom stereocenters. The van der Waals surface area contributed by atoms with Crippen molar-refractivity contribution in [1.82, 2.24) is 10.2 Å². The van der Waals surface area contributed by atoms with Gasteiger partial charge < -0.3 is 16.0 Å². The summed E-state index contributed by atoms with van der Waals surface area (Å²) in [7, 11) is 1.95. The highest BCUT2D eigenvalue weighted by molar-refractivity contribution is 5.79. The van der Waals surface area contributed by atoms with Crippen molar-refractivity contribution in [2.75, 3.05) is 13.6 Å². The third-order valence-corrected chi connectivity index (χ3v) is 3.09. The van der Waals surface area contributed by atoms with Gasteiger partial charge in [0.05, 0.1) is 6.54 Å². The molecule has 5 nitrogen and oxygen atoms in total. The Bertz CT molecular complexity index is 286. The summed E-state index contributed by atoms with van der Waals surface area (Å²) in [6.07, 6.45) is 3.74. The maximum Gasteiger partial charge on any atom is 0.222 e. The molecule has 0 heterocycles. The zero-order valence-corrected chi connectivity index (χ0v) is 11.1. The first kappa shape index (κ1) is 13.8. The summed E-state index contributed by atoms with van der Waals surface area (Å²) < 4.78 is 0. The average Bonchev–Trinajstić information content (AvgIpc) is 3.11. The molecule has 3 N–H and O–H groups in total. The van der Waals surface area contributed by atoms with Gasteiger partial charge in [0.25, 0.3) is 0 Å². The van der Waals surface area contributed by atoms with Crippen LogP contribution in [0.25, 0.3) is 0 Å². The van der Waals surface area contributed by atoms with Crippen molar-refractivity contribution in [2.24, 2.45) is 10.7 Å². The van der Waals surface area contributed by atoms with Crippen LogP contribution in [0.4, 0.5) is 0 Å². The number of hydrogen-bond acceptors (Lipinski definition) is 2. The van der Waals surface area contributed by atoms with Crippen LogP contribution in [-0.4, -0.2) is 42.4 Å². The van der Waals surface area contributed by atoms with Crippen LogP contribution < -0.4 is 11.1 Å². The fourth-order valence-electron chi connectivity index (χ4n) is 1.48. The lowest BCUT2D eigenvalue weighted by Gasteiger charge is -2.16. The van der Waals surface area contributed by atoms with Gasteiger partial charge in [-0.05, 0) is 26.2 Å². The molecule has 0 aromatic carbocycles. The Balaban J connectivity index is 2.21. The van der Waals surface area contributed by atoms with Gasteiger partial charge in [-0.1, -0.05) is 6.92 Å². The third-order valence-electron chi connectivity index (χ3n) is 3.09. The Morgan fingerprint density at radius 3 is 2.76 bits per heavy atom. The minimum Gasteiger partial charge on any atom is -0.370 e. The summed E-state index contributed by atoms with van der Waals surface area (Å²) in [5.41, 5.74) is 5.82. The maximum atomic E-state index is 11.5. The lowest BCUT2D eigenvalue weighted by atomic mass is 10.2. The van der Waals surface area contributed by atoms with E-state index in [9.17, 15) is 4.79 Å². The van der Waals surface area contributed by atoms with Gasteiger partial charge in [0.1, 0.15) is 0 Å². The number of carbonyl (C=O) groups excluding carboxylic acids is 1. The zero-order chi connectivity index (χ0) is 12.8. The van der Waals surface area contributed by atoms with E-state index >= 15 is 0 Å². The topological polar surface area (TPSA) is 70.7 Å². The van der Waals surface area contributed by atoms with Gasteiger partial charge >= 0.3 is 0 Å². The van der Waals surface area contributed by atoms with Crippen molar-refractivity contribution >= 4 is 11.9 Å². The van der Waals surface area contributed by atoms with Crippen LogP contribution in [0, 0.1) is 0 Å². The first-order valence-corrected chi connectivity index (χ1v) is 6.36. The molecule has 1 fully saturated rings. The van der Waals surface area contributed by atoms with E-state index < -0.39 is 0 Å². The van der Waals surface area contributed by atoms with Gasteiger partial charge in [0.15, 0.2) is 5.96 Å². The second-order valence-corrected chi connectivity index (χ2v) is 4.71. The third kappa shape index (κ3) is 5.06. The minimum atomic E-state index is 0.0463. The summed E-state index contributed by atoms with van der Waals surface area (Å²) >= 11 is 0. The molecule has 0 saturated heterocycles. The molecule has 0 spiro atoms. The van der Waals surface area contributed by atoms with E-state index in [0.29, 0.717) is 25.0 Å². The summed E-state index contributed by atoms with van der Waals surface area (Å²) in [4.78, 5) is 17.7. The predicted octanol–water partition coefficient (Wildman–Crippen LogP) is 0.700. The normalized spacial score (nSPS) is 17.7. The molecule has 0 bridgehead atoms. The van der Waals surface area contributed by atoms with Gasteiger partial charge in [-0.15, -0.1) is 0 Å². The second-order valence-electron chi connectivity index (χ2n) is 4.71. The fraction of sp³-hybridized carbons (Fsp3) is 0.833. The number of carbonyl (C=O) groups is 1. The van der Waals surface area contributed by atoms with E-state index in [1.807, 2.05) is 25.8 Å². The van der Waals surface area contributed by atoms with Gasteiger partial charge in [-0.25, -0.2) is 0 Å². The van der Waals surface area contributed by atoms with E-state index in [0.717, 1.165) is 6.42 Å². The molecule has 5 heteroatoms. The highest BCUT2D eigenvalue weighted by Crippen LogP contribution is 2.24. The van der Waals surface area contributed by atoms with Crippen LogP contribution in [0.1, 0.15) is 39.5 Å². The molecule has 98 valence electrons. The summed E-state index contributed by atoms with van der Waals surface area (Å²) in [6.45, 7) is 4.51. The molecule has 1 aliphatic rings. The highest BCUT2D eigenvalue weighted by atomic mass is 16.1. The quantitative estimate of drug-likeness (QED) is 0.530. The number of nitrogens with one attached hydrogen (secondary N) is 1. The smallest absolute Gasteiger partial charge is 0.222 e. The molecule has 1 unspecified atom stereocenters.